The average Bonchev–Trinajstić information content (AvgIpc) is 3.13. The van der Waals surface area contributed by atoms with Crippen LogP contribution in [0, 0.1) is 0 Å². The van der Waals surface area contributed by atoms with Gasteiger partial charge in [-0.1, -0.05) is 36.4 Å². The van der Waals surface area contributed by atoms with E-state index in [1.54, 1.807) is 54.6 Å². The molecule has 9 nitrogen and oxygen atoms in total. The number of nitrogens with one attached hydrogen (secondary N) is 1. The van der Waals surface area contributed by atoms with Crippen LogP contribution in [0.1, 0.15) is 10.4 Å². The van der Waals surface area contributed by atoms with Crippen LogP contribution in [0.3, 0.4) is 0 Å². The van der Waals surface area contributed by atoms with E-state index in [9.17, 15) is 24.3 Å². The van der Waals surface area contributed by atoms with Crippen molar-refractivity contribution in [2.24, 2.45) is 0 Å². The number of carbonyl (C=O) groups excluding carboxylic acids is 3. The molecule has 2 fully saturated rings. The van der Waals surface area contributed by atoms with Gasteiger partial charge in [0.1, 0.15) is 11.8 Å². The van der Waals surface area contributed by atoms with Gasteiger partial charge in [0, 0.05) is 12.1 Å². The Hall–Kier alpha value is -3.88. The van der Waals surface area contributed by atoms with E-state index in [0.29, 0.717) is 11.3 Å². The molecule has 4 rings (SSSR count). The minimum Gasteiger partial charge on any atom is -0.484 e. The van der Waals surface area contributed by atoms with E-state index >= 15 is 0 Å². The maximum atomic E-state index is 12.8. The first-order valence-corrected chi connectivity index (χ1v) is 9.35. The number of hydrogen-bond acceptors (Lipinski definition) is 5. The van der Waals surface area contributed by atoms with Crippen molar-refractivity contribution in [3.05, 3.63) is 66.2 Å². The highest BCUT2D eigenvalue weighted by Crippen LogP contribution is 2.33. The van der Waals surface area contributed by atoms with E-state index in [0.717, 1.165) is 9.80 Å². The van der Waals surface area contributed by atoms with Gasteiger partial charge in [0.2, 0.25) is 12.1 Å². The fourth-order valence-corrected chi connectivity index (χ4v) is 3.75. The number of benzene rings is 2. The Kier molecular flexibility index (Phi) is 5.09. The van der Waals surface area contributed by atoms with Crippen molar-refractivity contribution >= 4 is 23.7 Å². The molecule has 0 radical (unpaired) electrons. The van der Waals surface area contributed by atoms with Crippen LogP contribution < -0.4 is 10.1 Å². The quantitative estimate of drug-likeness (QED) is 0.664. The third-order valence-corrected chi connectivity index (χ3v) is 5.14. The molecule has 3 amide bonds. The van der Waals surface area contributed by atoms with Crippen LogP contribution in [-0.4, -0.2) is 70.0 Å². The van der Waals surface area contributed by atoms with Crippen LogP contribution in [-0.2, 0) is 14.4 Å². The molecule has 9 heteroatoms. The molecule has 0 aliphatic carbocycles. The van der Waals surface area contributed by atoms with Gasteiger partial charge in [-0.3, -0.25) is 14.4 Å². The number of ether oxygens (including phenoxy) is 1. The monoisotopic (exact) mass is 409 g/mol. The van der Waals surface area contributed by atoms with Crippen molar-refractivity contribution < 1.29 is 29.0 Å². The van der Waals surface area contributed by atoms with E-state index in [-0.39, 0.29) is 13.2 Å². The summed E-state index contributed by atoms with van der Waals surface area (Å²) in [4.78, 5) is 51.6. The van der Waals surface area contributed by atoms with E-state index in [1.165, 1.54) is 0 Å². The largest absolute Gasteiger partial charge is 0.484 e. The van der Waals surface area contributed by atoms with Crippen molar-refractivity contribution in [2.75, 3.05) is 13.2 Å². The summed E-state index contributed by atoms with van der Waals surface area (Å²) >= 11 is 0. The SMILES string of the molecule is O=C(COc1ccccc1)N[C@@H]1C(=O)N2C1CN(C(=O)c1ccccc1)C2C(=O)O. The number of fused-ring (bicyclic) bond motifs is 1. The first-order valence-electron chi connectivity index (χ1n) is 9.35. The molecule has 2 aromatic rings. The lowest BCUT2D eigenvalue weighted by Crippen LogP contribution is -2.71. The molecule has 0 aromatic heterocycles. The third-order valence-electron chi connectivity index (χ3n) is 5.14. The molecule has 0 bridgehead atoms. The number of para-hydroxylation sites is 1. The summed E-state index contributed by atoms with van der Waals surface area (Å²) in [5.41, 5.74) is 0.329. The number of aliphatic carboxylic acids is 1. The highest BCUT2D eigenvalue weighted by atomic mass is 16.5. The summed E-state index contributed by atoms with van der Waals surface area (Å²) < 4.78 is 5.36. The summed E-state index contributed by atoms with van der Waals surface area (Å²) in [6.07, 6.45) is -1.40. The third kappa shape index (κ3) is 3.45. The average molecular weight is 409 g/mol. The first kappa shape index (κ1) is 19.4. The lowest BCUT2D eigenvalue weighted by atomic mass is 9.96. The maximum Gasteiger partial charge on any atom is 0.347 e. The molecule has 154 valence electrons. The standard InChI is InChI=1S/C21H19N3O6/c25-16(12-30-14-9-5-2-6-10-14)22-17-15-11-23(18(21(28)29)24(15)20(17)27)19(26)13-7-3-1-4-8-13/h1-10,15,17-18H,11-12H2,(H,22,25)(H,28,29)/t15?,17-,18?/m0/s1. The van der Waals surface area contributed by atoms with Crippen molar-refractivity contribution in [2.45, 2.75) is 18.2 Å². The zero-order valence-corrected chi connectivity index (χ0v) is 15.8. The molecule has 30 heavy (non-hydrogen) atoms. The number of β-lactam (4-membered cyclic amide) rings is 1. The number of hydrogen-bond donors (Lipinski definition) is 2. The Morgan fingerprint density at radius 3 is 2.30 bits per heavy atom. The van der Waals surface area contributed by atoms with E-state index in [2.05, 4.69) is 5.32 Å². The lowest BCUT2D eigenvalue weighted by molar-refractivity contribution is -0.163. The van der Waals surface area contributed by atoms with Crippen LogP contribution in [0.2, 0.25) is 0 Å². The second-order valence-electron chi connectivity index (χ2n) is 7.00. The van der Waals surface area contributed by atoms with Gasteiger partial charge in [-0.2, -0.15) is 0 Å². The van der Waals surface area contributed by atoms with Gasteiger partial charge < -0.3 is 25.0 Å². The summed E-state index contributed by atoms with van der Waals surface area (Å²) in [5, 5.41) is 12.2. The van der Waals surface area contributed by atoms with Gasteiger partial charge in [-0.25, -0.2) is 4.79 Å². The van der Waals surface area contributed by atoms with E-state index in [4.69, 9.17) is 4.74 Å². The maximum absolute atomic E-state index is 12.8. The minimum absolute atomic E-state index is 0.0148. The molecule has 0 saturated carbocycles. The summed E-state index contributed by atoms with van der Waals surface area (Å²) in [6.45, 7) is -0.267. The van der Waals surface area contributed by atoms with Crippen LogP contribution in [0.15, 0.2) is 60.7 Å². The highest BCUT2D eigenvalue weighted by molar-refractivity contribution is 6.02. The van der Waals surface area contributed by atoms with Gasteiger partial charge in [-0.15, -0.1) is 0 Å². The smallest absolute Gasteiger partial charge is 0.347 e. The Bertz CT molecular complexity index is 981. The topological polar surface area (TPSA) is 116 Å². The van der Waals surface area contributed by atoms with Crippen LogP contribution >= 0.6 is 0 Å². The van der Waals surface area contributed by atoms with Crippen molar-refractivity contribution in [3.8, 4) is 5.75 Å². The molecular weight excluding hydrogens is 390 g/mol. The Labute approximate surface area is 171 Å². The van der Waals surface area contributed by atoms with Gasteiger partial charge in [0.15, 0.2) is 6.61 Å². The van der Waals surface area contributed by atoms with Crippen LogP contribution in [0.4, 0.5) is 0 Å². The van der Waals surface area contributed by atoms with Crippen LogP contribution in [0.5, 0.6) is 5.75 Å². The zero-order chi connectivity index (χ0) is 21.3. The highest BCUT2D eigenvalue weighted by Gasteiger charge is 2.61. The van der Waals surface area contributed by atoms with Gasteiger partial charge in [0.05, 0.1) is 6.04 Å². The summed E-state index contributed by atoms with van der Waals surface area (Å²) in [7, 11) is 0. The van der Waals surface area contributed by atoms with Crippen molar-refractivity contribution in [1.82, 2.24) is 15.1 Å². The van der Waals surface area contributed by atoms with E-state index in [1.807, 2.05) is 6.07 Å². The number of nitrogens with zero attached hydrogens (tertiary/aromatic N) is 2. The zero-order valence-electron chi connectivity index (χ0n) is 15.8. The van der Waals surface area contributed by atoms with Gasteiger partial charge in [-0.05, 0) is 24.3 Å². The molecule has 2 unspecified atom stereocenters. The second-order valence-corrected chi connectivity index (χ2v) is 7.00. The van der Waals surface area contributed by atoms with Gasteiger partial charge in [0.25, 0.3) is 11.8 Å². The predicted molar refractivity (Wildman–Crippen MR) is 103 cm³/mol. The molecule has 2 aromatic carbocycles. The molecule has 2 N–H and O–H groups in total. The normalized spacial score (nSPS) is 22.1. The molecule has 2 aliphatic rings. The fourth-order valence-electron chi connectivity index (χ4n) is 3.75. The second kappa shape index (κ2) is 7.86. The fraction of sp³-hybridized carbons (Fsp3) is 0.238. The number of carbonyl (C=O) groups is 4. The number of carboxylic acids is 1. The Morgan fingerprint density at radius 1 is 1.03 bits per heavy atom. The lowest BCUT2D eigenvalue weighted by Gasteiger charge is -2.43. The Balaban J connectivity index is 1.43. The molecule has 2 saturated heterocycles. The summed E-state index contributed by atoms with van der Waals surface area (Å²) in [6, 6.07) is 15.5. The molecule has 0 spiro atoms. The molecule has 2 aliphatic heterocycles. The molecule has 3 atom stereocenters. The number of amides is 3. The molecular formula is C21H19N3O6. The number of carboxylic acid groups (broad SMARTS) is 1. The minimum atomic E-state index is -1.40. The van der Waals surface area contributed by atoms with Gasteiger partial charge >= 0.3 is 5.97 Å². The van der Waals surface area contributed by atoms with Crippen molar-refractivity contribution in [3.63, 3.8) is 0 Å². The van der Waals surface area contributed by atoms with E-state index < -0.39 is 41.9 Å². The van der Waals surface area contributed by atoms with Crippen LogP contribution in [0.25, 0.3) is 0 Å². The molecule has 2 heterocycles. The Morgan fingerprint density at radius 2 is 1.67 bits per heavy atom. The number of rotatable bonds is 6. The first-order chi connectivity index (χ1) is 14.5. The predicted octanol–water partition coefficient (Wildman–Crippen LogP) is 0.328. The summed E-state index contributed by atoms with van der Waals surface area (Å²) in [5.74, 6) is -2.31. The van der Waals surface area contributed by atoms with Crippen molar-refractivity contribution in [1.29, 1.82) is 0 Å².